The highest BCUT2D eigenvalue weighted by Gasteiger charge is 2.29. The maximum atomic E-state index is 11.1. The smallest absolute Gasteiger partial charge is 0.323 e. The third-order valence-electron chi connectivity index (χ3n) is 3.12. The summed E-state index contributed by atoms with van der Waals surface area (Å²) in [6.07, 6.45) is 0.519. The number of hydrogen-bond donors (Lipinski definition) is 2. The van der Waals surface area contributed by atoms with Crippen molar-refractivity contribution >= 4 is 5.97 Å². The Kier molecular flexibility index (Phi) is 5.63. The number of nitrogens with one attached hydrogen (secondary N) is 1. The highest BCUT2D eigenvalue weighted by Crippen LogP contribution is 2.16. The van der Waals surface area contributed by atoms with Crippen molar-refractivity contribution in [3.05, 3.63) is 24.3 Å². The third-order valence-corrected chi connectivity index (χ3v) is 3.12. The number of carboxylic acid groups (broad SMARTS) is 1. The zero-order valence-electron chi connectivity index (χ0n) is 11.6. The van der Waals surface area contributed by atoms with Crippen LogP contribution >= 0.6 is 0 Å². The first-order valence-electron chi connectivity index (χ1n) is 6.27. The van der Waals surface area contributed by atoms with E-state index >= 15 is 0 Å². The Bertz CT molecular complexity index is 404. The summed E-state index contributed by atoms with van der Waals surface area (Å²) in [5.41, 5.74) is -0.900. The average molecular weight is 267 g/mol. The van der Waals surface area contributed by atoms with Gasteiger partial charge in [0.15, 0.2) is 0 Å². The molecule has 0 bridgehead atoms. The van der Waals surface area contributed by atoms with E-state index in [0.717, 1.165) is 11.5 Å². The lowest BCUT2D eigenvalue weighted by Gasteiger charge is -2.24. The molecule has 0 aliphatic heterocycles. The van der Waals surface area contributed by atoms with Crippen LogP contribution < -0.4 is 14.8 Å². The van der Waals surface area contributed by atoms with Crippen LogP contribution in [-0.2, 0) is 4.79 Å². The van der Waals surface area contributed by atoms with E-state index in [0.29, 0.717) is 19.6 Å². The van der Waals surface area contributed by atoms with Gasteiger partial charge in [-0.25, -0.2) is 0 Å². The van der Waals surface area contributed by atoms with Gasteiger partial charge in [-0.15, -0.1) is 0 Å². The Balaban J connectivity index is 2.35. The predicted molar refractivity (Wildman–Crippen MR) is 72.8 cm³/mol. The SMILES string of the molecule is CCC(C)(NCCOc1ccc(OC)cc1)C(=O)O. The molecule has 0 aliphatic carbocycles. The summed E-state index contributed by atoms with van der Waals surface area (Å²) in [4.78, 5) is 11.1. The molecule has 106 valence electrons. The van der Waals surface area contributed by atoms with E-state index in [9.17, 15) is 4.79 Å². The summed E-state index contributed by atoms with van der Waals surface area (Å²) in [6.45, 7) is 4.39. The second kappa shape index (κ2) is 6.99. The minimum atomic E-state index is -0.900. The fraction of sp³-hybridized carbons (Fsp3) is 0.500. The molecular weight excluding hydrogens is 246 g/mol. The van der Waals surface area contributed by atoms with Crippen molar-refractivity contribution < 1.29 is 19.4 Å². The maximum Gasteiger partial charge on any atom is 0.323 e. The quantitative estimate of drug-likeness (QED) is 0.704. The second-order valence-electron chi connectivity index (χ2n) is 4.44. The van der Waals surface area contributed by atoms with Gasteiger partial charge >= 0.3 is 5.97 Å². The predicted octanol–water partition coefficient (Wildman–Crippen LogP) is 1.92. The Morgan fingerprint density at radius 3 is 2.37 bits per heavy atom. The van der Waals surface area contributed by atoms with Crippen LogP contribution in [0.15, 0.2) is 24.3 Å². The van der Waals surface area contributed by atoms with Gasteiger partial charge in [0, 0.05) is 6.54 Å². The van der Waals surface area contributed by atoms with Gasteiger partial charge in [-0.3, -0.25) is 10.1 Å². The van der Waals surface area contributed by atoms with Gasteiger partial charge in [0.1, 0.15) is 23.6 Å². The number of rotatable bonds is 8. The molecule has 5 nitrogen and oxygen atoms in total. The average Bonchev–Trinajstić information content (AvgIpc) is 2.43. The molecule has 2 N–H and O–H groups in total. The number of methoxy groups -OCH3 is 1. The summed E-state index contributed by atoms with van der Waals surface area (Å²) in [5.74, 6) is 0.658. The molecular formula is C14H21NO4. The van der Waals surface area contributed by atoms with E-state index in [1.165, 1.54) is 0 Å². The van der Waals surface area contributed by atoms with Crippen LogP contribution in [-0.4, -0.2) is 36.9 Å². The van der Waals surface area contributed by atoms with Crippen LogP contribution in [0, 0.1) is 0 Å². The molecule has 1 aromatic carbocycles. The van der Waals surface area contributed by atoms with E-state index in [1.54, 1.807) is 14.0 Å². The van der Waals surface area contributed by atoms with Crippen molar-refractivity contribution in [3.63, 3.8) is 0 Å². The van der Waals surface area contributed by atoms with Gasteiger partial charge in [0.25, 0.3) is 0 Å². The summed E-state index contributed by atoms with van der Waals surface area (Å²) in [7, 11) is 1.61. The van der Waals surface area contributed by atoms with E-state index in [-0.39, 0.29) is 0 Å². The summed E-state index contributed by atoms with van der Waals surface area (Å²) in [6, 6.07) is 7.26. The molecule has 0 saturated heterocycles. The normalized spacial score (nSPS) is 13.6. The highest BCUT2D eigenvalue weighted by molar-refractivity contribution is 5.78. The van der Waals surface area contributed by atoms with Crippen LogP contribution in [0.25, 0.3) is 0 Å². The van der Waals surface area contributed by atoms with Crippen molar-refractivity contribution in [2.24, 2.45) is 0 Å². The van der Waals surface area contributed by atoms with Gasteiger partial charge in [-0.1, -0.05) is 6.92 Å². The second-order valence-corrected chi connectivity index (χ2v) is 4.44. The van der Waals surface area contributed by atoms with Crippen LogP contribution in [0.1, 0.15) is 20.3 Å². The molecule has 0 spiro atoms. The number of carboxylic acids is 1. The number of carbonyl (C=O) groups is 1. The Labute approximate surface area is 113 Å². The first-order valence-corrected chi connectivity index (χ1v) is 6.27. The number of hydrogen-bond acceptors (Lipinski definition) is 4. The number of aliphatic carboxylic acids is 1. The van der Waals surface area contributed by atoms with Crippen LogP contribution in [0.2, 0.25) is 0 Å². The van der Waals surface area contributed by atoms with E-state index in [2.05, 4.69) is 5.32 Å². The lowest BCUT2D eigenvalue weighted by Crippen LogP contribution is -2.50. The Morgan fingerprint density at radius 1 is 1.32 bits per heavy atom. The van der Waals surface area contributed by atoms with E-state index in [4.69, 9.17) is 14.6 Å². The van der Waals surface area contributed by atoms with Crippen molar-refractivity contribution in [1.29, 1.82) is 0 Å². The van der Waals surface area contributed by atoms with Gasteiger partial charge < -0.3 is 14.6 Å². The number of ether oxygens (including phenoxy) is 2. The molecule has 0 heterocycles. The summed E-state index contributed by atoms with van der Waals surface area (Å²) in [5, 5.41) is 12.1. The molecule has 19 heavy (non-hydrogen) atoms. The fourth-order valence-electron chi connectivity index (χ4n) is 1.52. The van der Waals surface area contributed by atoms with Gasteiger partial charge in [-0.2, -0.15) is 0 Å². The zero-order valence-corrected chi connectivity index (χ0v) is 11.6. The topological polar surface area (TPSA) is 67.8 Å². The largest absolute Gasteiger partial charge is 0.497 e. The molecule has 1 aromatic rings. The molecule has 0 radical (unpaired) electrons. The lowest BCUT2D eigenvalue weighted by molar-refractivity contribution is -0.144. The van der Waals surface area contributed by atoms with Crippen molar-refractivity contribution in [3.8, 4) is 11.5 Å². The Hall–Kier alpha value is -1.75. The first kappa shape index (κ1) is 15.3. The lowest BCUT2D eigenvalue weighted by atomic mass is 9.99. The van der Waals surface area contributed by atoms with Crippen molar-refractivity contribution in [1.82, 2.24) is 5.32 Å². The minimum absolute atomic E-state index is 0.412. The molecule has 1 unspecified atom stereocenters. The molecule has 5 heteroatoms. The molecule has 0 aromatic heterocycles. The van der Waals surface area contributed by atoms with Crippen LogP contribution in [0.5, 0.6) is 11.5 Å². The molecule has 1 rings (SSSR count). The third kappa shape index (κ3) is 4.44. The molecule has 0 aliphatic rings. The van der Waals surface area contributed by atoms with E-state index < -0.39 is 11.5 Å². The number of benzene rings is 1. The van der Waals surface area contributed by atoms with Crippen molar-refractivity contribution in [2.45, 2.75) is 25.8 Å². The summed E-state index contributed by atoms with van der Waals surface area (Å²) >= 11 is 0. The zero-order chi connectivity index (χ0) is 14.3. The standard InChI is InChI=1S/C14H21NO4/c1-4-14(2,13(16)17)15-9-10-19-12-7-5-11(18-3)6-8-12/h5-8,15H,4,9-10H2,1-3H3,(H,16,17). The molecule has 0 amide bonds. The van der Waals surface area contributed by atoms with Crippen LogP contribution in [0.3, 0.4) is 0 Å². The van der Waals surface area contributed by atoms with Gasteiger partial charge in [0.05, 0.1) is 7.11 Å². The van der Waals surface area contributed by atoms with Crippen LogP contribution in [0.4, 0.5) is 0 Å². The van der Waals surface area contributed by atoms with Gasteiger partial charge in [-0.05, 0) is 37.6 Å². The van der Waals surface area contributed by atoms with Crippen molar-refractivity contribution in [2.75, 3.05) is 20.3 Å². The fourth-order valence-corrected chi connectivity index (χ4v) is 1.52. The Morgan fingerprint density at radius 2 is 1.89 bits per heavy atom. The monoisotopic (exact) mass is 267 g/mol. The molecule has 0 saturated carbocycles. The summed E-state index contributed by atoms with van der Waals surface area (Å²) < 4.78 is 10.6. The van der Waals surface area contributed by atoms with Gasteiger partial charge in [0.2, 0.25) is 0 Å². The maximum absolute atomic E-state index is 11.1. The highest BCUT2D eigenvalue weighted by atomic mass is 16.5. The van der Waals surface area contributed by atoms with E-state index in [1.807, 2.05) is 31.2 Å². The first-order chi connectivity index (χ1) is 9.01. The minimum Gasteiger partial charge on any atom is -0.497 e. The molecule has 0 fully saturated rings. The molecule has 1 atom stereocenters.